The van der Waals surface area contributed by atoms with E-state index in [-0.39, 0.29) is 12.9 Å². The molecule has 0 aliphatic carbocycles. The van der Waals surface area contributed by atoms with Gasteiger partial charge in [-0.3, -0.25) is 0 Å². The van der Waals surface area contributed by atoms with E-state index in [1.54, 1.807) is 0 Å². The first kappa shape index (κ1) is 5.68. The number of anilines is 1. The average Bonchev–Trinajstić information content (AvgIpc) is 2.13. The van der Waals surface area contributed by atoms with Crippen molar-refractivity contribution in [1.29, 1.82) is 0 Å². The summed E-state index contributed by atoms with van der Waals surface area (Å²) in [6.07, 6.45) is 1.23. The molecule has 0 aliphatic heterocycles. The zero-order valence-corrected chi connectivity index (χ0v) is 4.50. The first-order chi connectivity index (χ1) is 4.22. The van der Waals surface area contributed by atoms with Crippen LogP contribution < -0.4 is 5.73 Å². The van der Waals surface area contributed by atoms with E-state index in [1.165, 1.54) is 12.3 Å². The molecule has 0 bridgehead atoms. The van der Waals surface area contributed by atoms with Crippen molar-refractivity contribution in [2.24, 2.45) is 0 Å². The smallest absolute Gasteiger partial charge is 0.373 e. The zero-order valence-electron chi connectivity index (χ0n) is 4.50. The second kappa shape index (κ2) is 1.81. The van der Waals surface area contributed by atoms with E-state index in [9.17, 15) is 4.79 Å². The first-order valence-electron chi connectivity index (χ1n) is 2.28. The van der Waals surface area contributed by atoms with E-state index < -0.39 is 5.97 Å². The van der Waals surface area contributed by atoms with Gasteiger partial charge in [0, 0.05) is 7.49 Å². The van der Waals surface area contributed by atoms with Gasteiger partial charge in [-0.25, -0.2) is 4.79 Å². The van der Waals surface area contributed by atoms with Crippen molar-refractivity contribution in [2.45, 2.75) is 0 Å². The lowest BCUT2D eigenvalue weighted by atomic mass is 10.4. The Balaban J connectivity index is 0.000000810. The zero-order chi connectivity index (χ0) is 6.85. The number of hydrogen-bond donors (Lipinski definition) is 2. The maximum absolute atomic E-state index is 10.1. The van der Waals surface area contributed by atoms with Crippen molar-refractivity contribution >= 4 is 11.7 Å². The third-order valence-corrected chi connectivity index (χ3v) is 0.890. The summed E-state index contributed by atoms with van der Waals surface area (Å²) in [6.45, 7) is 0. The predicted molar refractivity (Wildman–Crippen MR) is 32.2 cm³/mol. The van der Waals surface area contributed by atoms with Crippen molar-refractivity contribution in [1.82, 2.24) is 0 Å². The lowest BCUT2D eigenvalue weighted by Gasteiger charge is -1.85. The summed E-state index contributed by atoms with van der Waals surface area (Å²) < 4.78 is 4.50. The summed E-state index contributed by atoms with van der Waals surface area (Å²) in [5.74, 6) is -1.34. The Morgan fingerprint density at radius 2 is 2.56 bits per heavy atom. The van der Waals surface area contributed by atoms with E-state index in [2.05, 4.69) is 4.42 Å². The molecule has 0 aromatic carbocycles. The largest absolute Gasteiger partial charge is 0.475 e. The van der Waals surface area contributed by atoms with Crippen molar-refractivity contribution in [3.05, 3.63) is 18.1 Å². The van der Waals surface area contributed by atoms with Gasteiger partial charge < -0.3 is 15.3 Å². The van der Waals surface area contributed by atoms with Crippen molar-refractivity contribution < 1.29 is 15.7 Å². The highest BCUT2D eigenvalue weighted by atomic mass is 16.4. The number of aromatic carboxylic acids is 1. The maximum atomic E-state index is 10.1. The van der Waals surface area contributed by atoms with Gasteiger partial charge in [0.1, 0.15) is 0 Å². The molecular weight excluding hydrogens is 122 g/mol. The highest BCUT2D eigenvalue weighted by molar-refractivity contribution is 5.90. The molecule has 4 nitrogen and oxygen atoms in total. The number of carboxylic acids is 1. The Bertz CT molecular complexity index is 233. The highest BCUT2D eigenvalue weighted by Crippen LogP contribution is 2.10. The number of nitrogens with two attached hydrogens (primary N) is 1. The summed E-state index contributed by atoms with van der Waals surface area (Å²) in [5, 5.41) is 8.28. The third kappa shape index (κ3) is 0.861. The normalized spacial score (nSPS) is 9.33. The molecule has 1 aromatic heterocycles. The highest BCUT2D eigenvalue weighted by Gasteiger charge is 2.09. The van der Waals surface area contributed by atoms with Crippen LogP contribution in [0.15, 0.2) is 16.7 Å². The molecule has 0 atom stereocenters. The molecule has 3 N–H and O–H groups in total. The molecule has 9 heavy (non-hydrogen) atoms. The number of rotatable bonds is 1. The molecule has 0 saturated carbocycles. The average molecular weight is 129 g/mol. The molecule has 0 fully saturated rings. The number of carbonyl (C=O) groups is 1. The van der Waals surface area contributed by atoms with Crippen LogP contribution in [0, 0.1) is 0 Å². The summed E-state index contributed by atoms with van der Waals surface area (Å²) in [6, 6.07) is 1.39. The summed E-state index contributed by atoms with van der Waals surface area (Å²) in [4.78, 5) is 10.1. The quantitative estimate of drug-likeness (QED) is 0.588. The van der Waals surface area contributed by atoms with Gasteiger partial charge in [0.15, 0.2) is 0 Å². The lowest BCUT2D eigenvalue weighted by Crippen LogP contribution is -1.97. The second-order valence-electron chi connectivity index (χ2n) is 1.51. The minimum atomic E-state index is -1.14. The van der Waals surface area contributed by atoms with Crippen molar-refractivity contribution in [3.8, 4) is 0 Å². The van der Waals surface area contributed by atoms with Crippen LogP contribution in [0.5, 0.6) is 0 Å². The van der Waals surface area contributed by atoms with Gasteiger partial charge in [-0.05, 0) is 0 Å². The molecule has 0 saturated heterocycles. The SMILES string of the molecule is Nc1ccoc1C(=O)O.[HH]. The minimum absolute atomic E-state index is 0. The molecule has 0 unspecified atom stereocenters. The fourth-order valence-electron chi connectivity index (χ4n) is 0.493. The fraction of sp³-hybridized carbons (Fsp3) is 0. The predicted octanol–water partition coefficient (Wildman–Crippen LogP) is 0.806. The van der Waals surface area contributed by atoms with Crippen LogP contribution in [-0.2, 0) is 0 Å². The van der Waals surface area contributed by atoms with Crippen LogP contribution in [-0.4, -0.2) is 11.1 Å². The van der Waals surface area contributed by atoms with Crippen molar-refractivity contribution in [2.75, 3.05) is 5.73 Å². The van der Waals surface area contributed by atoms with Crippen molar-refractivity contribution in [3.63, 3.8) is 0 Å². The van der Waals surface area contributed by atoms with Gasteiger partial charge in [-0.2, -0.15) is 0 Å². The van der Waals surface area contributed by atoms with Gasteiger partial charge in [-0.1, -0.05) is 0 Å². The van der Waals surface area contributed by atoms with Crippen LogP contribution in [0.3, 0.4) is 0 Å². The topological polar surface area (TPSA) is 76.5 Å². The van der Waals surface area contributed by atoms with E-state index in [0.717, 1.165) is 0 Å². The van der Waals surface area contributed by atoms with Crippen LogP contribution >= 0.6 is 0 Å². The van der Waals surface area contributed by atoms with Gasteiger partial charge in [-0.15, -0.1) is 0 Å². The second-order valence-corrected chi connectivity index (χ2v) is 1.51. The molecule has 50 valence electrons. The van der Waals surface area contributed by atoms with E-state index in [0.29, 0.717) is 0 Å². The van der Waals surface area contributed by atoms with E-state index in [4.69, 9.17) is 10.8 Å². The number of nitrogen functional groups attached to an aromatic ring is 1. The Morgan fingerprint density at radius 1 is 1.89 bits per heavy atom. The summed E-state index contributed by atoms with van der Waals surface area (Å²) in [5.41, 5.74) is 5.32. The Hall–Kier alpha value is -1.45. The standard InChI is InChI=1S/C5H5NO3.H2/c6-3-1-2-9-4(3)5(7)8;/h1-2H,6H2,(H,7,8);1H. The first-order valence-corrected chi connectivity index (χ1v) is 2.28. The molecule has 4 heteroatoms. The molecule has 0 amide bonds. The summed E-state index contributed by atoms with van der Waals surface area (Å²) in [7, 11) is 0. The molecule has 1 rings (SSSR count). The molecule has 1 heterocycles. The third-order valence-electron chi connectivity index (χ3n) is 0.890. The molecule has 0 spiro atoms. The van der Waals surface area contributed by atoms with Crippen LogP contribution in [0.2, 0.25) is 0 Å². The number of carboxylic acid groups (broad SMARTS) is 1. The maximum Gasteiger partial charge on any atom is 0.373 e. The number of furan rings is 1. The molecule has 0 radical (unpaired) electrons. The van der Waals surface area contributed by atoms with Crippen LogP contribution in [0.25, 0.3) is 0 Å². The van der Waals surface area contributed by atoms with Crippen LogP contribution in [0.4, 0.5) is 5.69 Å². The summed E-state index contributed by atoms with van der Waals surface area (Å²) >= 11 is 0. The van der Waals surface area contributed by atoms with Crippen LogP contribution in [0.1, 0.15) is 12.0 Å². The van der Waals surface area contributed by atoms with Gasteiger partial charge in [0.2, 0.25) is 5.76 Å². The molecule has 0 aliphatic rings. The number of hydrogen-bond acceptors (Lipinski definition) is 3. The van der Waals surface area contributed by atoms with Gasteiger partial charge in [0.05, 0.1) is 12.0 Å². The Morgan fingerprint density at radius 3 is 2.78 bits per heavy atom. The Labute approximate surface area is 52.4 Å². The molecule has 1 aromatic rings. The minimum Gasteiger partial charge on any atom is -0.475 e. The van der Waals surface area contributed by atoms with Gasteiger partial charge >= 0.3 is 5.97 Å². The fourth-order valence-corrected chi connectivity index (χ4v) is 0.493. The van der Waals surface area contributed by atoms with E-state index in [1.807, 2.05) is 0 Å². The monoisotopic (exact) mass is 129 g/mol. The Kier molecular flexibility index (Phi) is 1.14. The van der Waals surface area contributed by atoms with E-state index >= 15 is 0 Å². The van der Waals surface area contributed by atoms with Gasteiger partial charge in [0.25, 0.3) is 0 Å². The lowest BCUT2D eigenvalue weighted by molar-refractivity contribution is 0.0664. The molecular formula is C5H7NO3.